The second kappa shape index (κ2) is 7.48. The number of benzene rings is 2. The van der Waals surface area contributed by atoms with E-state index < -0.39 is 12.5 Å². The number of rotatable bonds is 6. The van der Waals surface area contributed by atoms with E-state index >= 15 is 0 Å². The number of halogens is 3. The van der Waals surface area contributed by atoms with Gasteiger partial charge in [-0.25, -0.2) is 18.7 Å². The molecule has 1 aromatic heterocycles. The van der Waals surface area contributed by atoms with Crippen molar-refractivity contribution in [1.82, 2.24) is 9.97 Å². The first-order chi connectivity index (χ1) is 12.1. The van der Waals surface area contributed by atoms with Gasteiger partial charge in [-0.15, -0.1) is 0 Å². The molecule has 5 nitrogen and oxygen atoms in total. The number of nitrogens with zero attached hydrogens (tertiary/aromatic N) is 2. The van der Waals surface area contributed by atoms with Crippen LogP contribution in [0.3, 0.4) is 0 Å². The van der Waals surface area contributed by atoms with Crippen molar-refractivity contribution in [2.45, 2.75) is 0 Å². The summed E-state index contributed by atoms with van der Waals surface area (Å²) in [4.78, 5) is 8.40. The maximum Gasteiger partial charge on any atom is 0.162 e. The quantitative estimate of drug-likeness (QED) is 0.696. The summed E-state index contributed by atoms with van der Waals surface area (Å²) in [5, 5.41) is 3.70. The van der Waals surface area contributed by atoms with Crippen molar-refractivity contribution in [2.75, 3.05) is 25.7 Å². The van der Waals surface area contributed by atoms with Crippen LogP contribution < -0.4 is 14.8 Å². The molecule has 0 saturated heterocycles. The molecule has 25 heavy (non-hydrogen) atoms. The van der Waals surface area contributed by atoms with Gasteiger partial charge in [0.2, 0.25) is 0 Å². The first kappa shape index (κ1) is 17.2. The van der Waals surface area contributed by atoms with Gasteiger partial charge in [-0.05, 0) is 24.3 Å². The van der Waals surface area contributed by atoms with Gasteiger partial charge in [-0.2, -0.15) is 0 Å². The summed E-state index contributed by atoms with van der Waals surface area (Å²) in [6, 6.07) is 7.59. The zero-order chi connectivity index (χ0) is 17.8. The minimum atomic E-state index is -0.619. The second-order valence-corrected chi connectivity index (χ2v) is 5.44. The zero-order valence-electron chi connectivity index (χ0n) is 13.2. The fourth-order valence-electron chi connectivity index (χ4n) is 2.30. The van der Waals surface area contributed by atoms with E-state index in [4.69, 9.17) is 21.1 Å². The lowest BCUT2D eigenvalue weighted by atomic mass is 10.2. The molecule has 0 saturated carbocycles. The fourth-order valence-corrected chi connectivity index (χ4v) is 2.48. The molecule has 0 aliphatic rings. The van der Waals surface area contributed by atoms with Crippen molar-refractivity contribution in [3.05, 3.63) is 47.5 Å². The smallest absolute Gasteiger partial charge is 0.162 e. The number of methoxy groups -OCH3 is 1. The average molecular weight is 365 g/mol. The Morgan fingerprint density at radius 2 is 2.00 bits per heavy atom. The minimum absolute atomic E-state index is 0.00278. The molecule has 0 aliphatic carbocycles. The van der Waals surface area contributed by atoms with Crippen LogP contribution in [0, 0.1) is 5.82 Å². The molecule has 0 bridgehead atoms. The predicted octanol–water partition coefficient (Wildman–Crippen LogP) is 4.52. The van der Waals surface area contributed by atoms with Gasteiger partial charge in [0.05, 0.1) is 17.6 Å². The van der Waals surface area contributed by atoms with Crippen molar-refractivity contribution in [3.8, 4) is 11.5 Å². The van der Waals surface area contributed by atoms with Gasteiger partial charge in [-0.3, -0.25) is 0 Å². The van der Waals surface area contributed by atoms with E-state index in [1.54, 1.807) is 18.2 Å². The standard InChI is InChI=1S/C17H14ClF2N3O2/c1-24-15-8-14-11(7-16(15)25-5-4-19)17(22-9-21-14)23-10-2-3-13(20)12(18)6-10/h2-3,6-9H,4-5H2,1H3,(H,21,22,23)/i19-1. The number of ether oxygens (including phenoxy) is 2. The second-order valence-electron chi connectivity index (χ2n) is 5.03. The molecule has 3 aromatic rings. The van der Waals surface area contributed by atoms with Crippen molar-refractivity contribution in [1.29, 1.82) is 0 Å². The third-order valence-corrected chi connectivity index (χ3v) is 3.73. The Morgan fingerprint density at radius 1 is 1.16 bits per heavy atom. The molecule has 0 aliphatic heterocycles. The minimum Gasteiger partial charge on any atom is -0.493 e. The molecule has 2 aromatic carbocycles. The summed E-state index contributed by atoms with van der Waals surface area (Å²) >= 11 is 5.80. The Kier molecular flexibility index (Phi) is 5.14. The van der Waals surface area contributed by atoms with E-state index in [9.17, 15) is 8.78 Å². The average Bonchev–Trinajstić information content (AvgIpc) is 2.62. The van der Waals surface area contributed by atoms with Gasteiger partial charge in [0, 0.05) is 17.1 Å². The number of aromatic nitrogens is 2. The van der Waals surface area contributed by atoms with E-state index in [2.05, 4.69) is 15.3 Å². The Morgan fingerprint density at radius 3 is 2.72 bits per heavy atom. The number of alkyl halides is 1. The lowest BCUT2D eigenvalue weighted by Gasteiger charge is -2.13. The van der Waals surface area contributed by atoms with Crippen LogP contribution in [0.5, 0.6) is 11.5 Å². The highest BCUT2D eigenvalue weighted by atomic mass is 35.5. The SMILES string of the molecule is COc1cc2ncnc(Nc3ccc(F)c(Cl)c3)c2cc1OCC[18F]. The molecule has 0 radical (unpaired) electrons. The van der Waals surface area contributed by atoms with Gasteiger partial charge in [0.15, 0.2) is 11.5 Å². The van der Waals surface area contributed by atoms with Crippen LogP contribution >= 0.6 is 11.6 Å². The predicted molar refractivity (Wildman–Crippen MR) is 92.3 cm³/mol. The number of hydrogen-bond donors (Lipinski definition) is 1. The molecule has 3 rings (SSSR count). The van der Waals surface area contributed by atoms with Crippen molar-refractivity contribution in [3.63, 3.8) is 0 Å². The number of nitrogens with one attached hydrogen (secondary N) is 1. The molecule has 0 spiro atoms. The molecule has 0 unspecified atom stereocenters. The first-order valence-corrected chi connectivity index (χ1v) is 7.73. The van der Waals surface area contributed by atoms with Crippen molar-refractivity contribution in [2.24, 2.45) is 0 Å². The normalized spacial score (nSPS) is 10.7. The number of anilines is 2. The molecule has 130 valence electrons. The Hall–Kier alpha value is -2.67. The van der Waals surface area contributed by atoms with Crippen LogP contribution in [0.15, 0.2) is 36.7 Å². The lowest BCUT2D eigenvalue weighted by Crippen LogP contribution is -2.02. The maximum absolute atomic E-state index is 13.3. The summed E-state index contributed by atoms with van der Waals surface area (Å²) in [7, 11) is 1.49. The summed E-state index contributed by atoms with van der Waals surface area (Å²) < 4.78 is 36.3. The highest BCUT2D eigenvalue weighted by Gasteiger charge is 2.12. The molecular formula is C17H14ClF2N3O2. The highest BCUT2D eigenvalue weighted by Crippen LogP contribution is 2.35. The monoisotopic (exact) mass is 364 g/mol. The van der Waals surface area contributed by atoms with Gasteiger partial charge in [0.1, 0.15) is 31.2 Å². The van der Waals surface area contributed by atoms with Crippen LogP contribution in [0.4, 0.5) is 20.3 Å². The molecule has 0 amide bonds. The summed E-state index contributed by atoms with van der Waals surface area (Å²) in [6.45, 7) is -0.711. The van der Waals surface area contributed by atoms with E-state index in [-0.39, 0.29) is 11.6 Å². The summed E-state index contributed by atoms with van der Waals surface area (Å²) in [5.74, 6) is 0.782. The zero-order valence-corrected chi connectivity index (χ0v) is 14.0. The largest absolute Gasteiger partial charge is 0.493 e. The van der Waals surface area contributed by atoms with Crippen LogP contribution in [0.25, 0.3) is 10.9 Å². The fraction of sp³-hybridized carbons (Fsp3) is 0.176. The molecule has 0 atom stereocenters. The molecule has 8 heteroatoms. The van der Waals surface area contributed by atoms with Crippen molar-refractivity contribution >= 4 is 34.0 Å². The van der Waals surface area contributed by atoms with Crippen LogP contribution in [-0.2, 0) is 0 Å². The Labute approximate surface area is 147 Å². The lowest BCUT2D eigenvalue weighted by molar-refractivity contribution is 0.260. The van der Waals surface area contributed by atoms with Gasteiger partial charge >= 0.3 is 0 Å². The van der Waals surface area contributed by atoms with Gasteiger partial charge in [-0.1, -0.05) is 11.6 Å². The van der Waals surface area contributed by atoms with Crippen LogP contribution in [0.1, 0.15) is 0 Å². The van der Waals surface area contributed by atoms with Crippen molar-refractivity contribution < 1.29 is 18.3 Å². The van der Waals surface area contributed by atoms with Gasteiger partial charge < -0.3 is 14.8 Å². The summed E-state index contributed by atoms with van der Waals surface area (Å²) in [6.07, 6.45) is 1.39. The van der Waals surface area contributed by atoms with Crippen LogP contribution in [0.2, 0.25) is 5.02 Å². The number of hydrogen-bond acceptors (Lipinski definition) is 5. The maximum atomic E-state index is 13.3. The molecular weight excluding hydrogens is 351 g/mol. The third kappa shape index (κ3) is 3.71. The van der Waals surface area contributed by atoms with E-state index in [1.165, 1.54) is 25.6 Å². The molecule has 0 fully saturated rings. The van der Waals surface area contributed by atoms with E-state index in [1.807, 2.05) is 0 Å². The topological polar surface area (TPSA) is 56.3 Å². The number of fused-ring (bicyclic) bond motifs is 1. The van der Waals surface area contributed by atoms with E-state index in [0.717, 1.165) is 0 Å². The Bertz CT molecular complexity index is 908. The highest BCUT2D eigenvalue weighted by molar-refractivity contribution is 6.31. The molecule has 1 heterocycles. The Balaban J connectivity index is 2.03. The first-order valence-electron chi connectivity index (χ1n) is 7.36. The van der Waals surface area contributed by atoms with Crippen LogP contribution in [-0.4, -0.2) is 30.4 Å². The summed E-state index contributed by atoms with van der Waals surface area (Å²) in [5.41, 5.74) is 1.17. The van der Waals surface area contributed by atoms with Gasteiger partial charge in [0.25, 0.3) is 0 Å². The van der Waals surface area contributed by atoms with E-state index in [0.29, 0.717) is 33.9 Å². The third-order valence-electron chi connectivity index (χ3n) is 3.44. The molecule has 1 N–H and O–H groups in total.